The molecule has 4 heteroatoms. The van der Waals surface area contributed by atoms with Crippen LogP contribution in [-0.2, 0) is 0 Å². The highest BCUT2D eigenvalue weighted by molar-refractivity contribution is 5.42. The van der Waals surface area contributed by atoms with E-state index in [0.29, 0.717) is 17.9 Å². The Bertz CT molecular complexity index is 387. The van der Waals surface area contributed by atoms with Crippen LogP contribution < -0.4 is 4.74 Å². The van der Waals surface area contributed by atoms with E-state index in [1.165, 1.54) is 0 Å². The largest absolute Gasteiger partial charge is 0.489 e. The van der Waals surface area contributed by atoms with Crippen LogP contribution in [0.3, 0.4) is 0 Å². The summed E-state index contributed by atoms with van der Waals surface area (Å²) in [6.07, 6.45) is -0.549. The lowest BCUT2D eigenvalue weighted by Gasteiger charge is -2.19. The fourth-order valence-corrected chi connectivity index (χ4v) is 1.41. The maximum atomic E-state index is 9.73. The number of nitriles is 1. The molecule has 0 aliphatic carbocycles. The minimum absolute atomic E-state index is 0.197. The third kappa shape index (κ3) is 4.43. The number of hydrogen-bond acceptors (Lipinski definition) is 4. The molecule has 4 nitrogen and oxygen atoms in total. The Morgan fingerprint density at radius 3 is 2.82 bits per heavy atom. The van der Waals surface area contributed by atoms with Gasteiger partial charge in [-0.15, -0.1) is 0 Å². The molecule has 1 aromatic carbocycles. The molecule has 1 unspecified atom stereocenters. The topological polar surface area (TPSA) is 56.5 Å². The summed E-state index contributed by atoms with van der Waals surface area (Å²) >= 11 is 0. The zero-order valence-corrected chi connectivity index (χ0v) is 10.3. The van der Waals surface area contributed by atoms with E-state index in [2.05, 4.69) is 6.07 Å². The number of para-hydroxylation sites is 1. The van der Waals surface area contributed by atoms with Crippen LogP contribution >= 0.6 is 0 Å². The van der Waals surface area contributed by atoms with Crippen molar-refractivity contribution in [1.82, 2.24) is 4.90 Å². The van der Waals surface area contributed by atoms with Crippen molar-refractivity contribution in [2.24, 2.45) is 0 Å². The minimum Gasteiger partial charge on any atom is -0.489 e. The van der Waals surface area contributed by atoms with Crippen LogP contribution in [0.5, 0.6) is 5.75 Å². The van der Waals surface area contributed by atoms with Crippen molar-refractivity contribution < 1.29 is 9.84 Å². The molecule has 17 heavy (non-hydrogen) atoms. The molecule has 0 saturated carbocycles. The van der Waals surface area contributed by atoms with E-state index in [-0.39, 0.29) is 6.61 Å². The molecule has 1 aromatic rings. The van der Waals surface area contributed by atoms with Crippen LogP contribution in [0.1, 0.15) is 12.5 Å². The zero-order valence-electron chi connectivity index (χ0n) is 10.3. The smallest absolute Gasteiger partial charge is 0.137 e. The van der Waals surface area contributed by atoms with Crippen molar-refractivity contribution in [3.63, 3.8) is 0 Å². The second-order valence-corrected chi connectivity index (χ2v) is 3.93. The van der Waals surface area contributed by atoms with Gasteiger partial charge in [0.15, 0.2) is 0 Å². The van der Waals surface area contributed by atoms with Gasteiger partial charge >= 0.3 is 0 Å². The van der Waals surface area contributed by atoms with E-state index >= 15 is 0 Å². The van der Waals surface area contributed by atoms with E-state index in [0.717, 1.165) is 6.54 Å². The summed E-state index contributed by atoms with van der Waals surface area (Å²) in [5.74, 6) is 0.521. The maximum absolute atomic E-state index is 9.73. The van der Waals surface area contributed by atoms with Crippen molar-refractivity contribution in [2.75, 3.05) is 26.7 Å². The monoisotopic (exact) mass is 234 g/mol. The van der Waals surface area contributed by atoms with E-state index in [4.69, 9.17) is 10.00 Å². The van der Waals surface area contributed by atoms with Crippen LogP contribution in [0, 0.1) is 11.3 Å². The lowest BCUT2D eigenvalue weighted by atomic mass is 10.2. The third-order valence-electron chi connectivity index (χ3n) is 2.50. The van der Waals surface area contributed by atoms with Crippen molar-refractivity contribution in [1.29, 1.82) is 5.26 Å². The molecule has 0 saturated heterocycles. The number of likely N-dealkylation sites (N-methyl/N-ethyl adjacent to an activating group) is 1. The van der Waals surface area contributed by atoms with Gasteiger partial charge in [0.2, 0.25) is 0 Å². The summed E-state index contributed by atoms with van der Waals surface area (Å²) in [6, 6.07) is 9.07. The normalized spacial score (nSPS) is 12.2. The standard InChI is InChI=1S/C13H18N2O2/c1-3-15(2)9-12(16)10-17-13-7-5-4-6-11(13)8-14/h4-7,12,16H,3,9-10H2,1-2H3. The summed E-state index contributed by atoms with van der Waals surface area (Å²) in [5.41, 5.74) is 0.489. The Labute approximate surface area is 102 Å². The maximum Gasteiger partial charge on any atom is 0.137 e. The second-order valence-electron chi connectivity index (χ2n) is 3.93. The summed E-state index contributed by atoms with van der Waals surface area (Å²) < 4.78 is 5.44. The zero-order chi connectivity index (χ0) is 12.7. The highest BCUT2D eigenvalue weighted by atomic mass is 16.5. The van der Waals surface area contributed by atoms with Crippen molar-refractivity contribution in [3.05, 3.63) is 29.8 Å². The molecule has 1 N–H and O–H groups in total. The first kappa shape index (κ1) is 13.5. The quantitative estimate of drug-likeness (QED) is 0.805. The van der Waals surface area contributed by atoms with E-state index < -0.39 is 6.10 Å². The van der Waals surface area contributed by atoms with Gasteiger partial charge in [-0.05, 0) is 25.7 Å². The Morgan fingerprint density at radius 2 is 2.18 bits per heavy atom. The molecular weight excluding hydrogens is 216 g/mol. The molecule has 0 aromatic heterocycles. The van der Waals surface area contributed by atoms with Gasteiger partial charge in [0, 0.05) is 6.54 Å². The average Bonchev–Trinajstić information content (AvgIpc) is 2.36. The molecule has 1 atom stereocenters. The lowest BCUT2D eigenvalue weighted by molar-refractivity contribution is 0.0777. The fourth-order valence-electron chi connectivity index (χ4n) is 1.41. The van der Waals surface area contributed by atoms with Gasteiger partial charge in [-0.1, -0.05) is 19.1 Å². The van der Waals surface area contributed by atoms with Gasteiger partial charge in [0.1, 0.15) is 24.5 Å². The van der Waals surface area contributed by atoms with Crippen LogP contribution in [-0.4, -0.2) is 42.9 Å². The molecule has 0 aliphatic rings. The van der Waals surface area contributed by atoms with Gasteiger partial charge < -0.3 is 14.7 Å². The molecular formula is C13H18N2O2. The highest BCUT2D eigenvalue weighted by Crippen LogP contribution is 2.16. The molecule has 0 aliphatic heterocycles. The third-order valence-corrected chi connectivity index (χ3v) is 2.50. The van der Waals surface area contributed by atoms with E-state index in [1.807, 2.05) is 18.9 Å². The number of hydrogen-bond donors (Lipinski definition) is 1. The summed E-state index contributed by atoms with van der Waals surface area (Å²) in [6.45, 7) is 3.67. The van der Waals surface area contributed by atoms with E-state index in [1.54, 1.807) is 24.3 Å². The molecule has 0 fully saturated rings. The predicted octanol–water partition coefficient (Wildman–Crippen LogP) is 1.25. The van der Waals surface area contributed by atoms with Crippen molar-refractivity contribution in [2.45, 2.75) is 13.0 Å². The average molecular weight is 234 g/mol. The van der Waals surface area contributed by atoms with Gasteiger partial charge in [0.25, 0.3) is 0 Å². The van der Waals surface area contributed by atoms with Gasteiger partial charge in [-0.3, -0.25) is 0 Å². The van der Waals surface area contributed by atoms with Gasteiger partial charge in [0.05, 0.1) is 5.56 Å². The summed E-state index contributed by atoms with van der Waals surface area (Å²) in [4.78, 5) is 2.00. The predicted molar refractivity (Wildman–Crippen MR) is 65.8 cm³/mol. The molecule has 92 valence electrons. The molecule has 0 radical (unpaired) electrons. The number of rotatable bonds is 6. The number of aliphatic hydroxyl groups is 1. The Morgan fingerprint density at radius 1 is 1.47 bits per heavy atom. The Balaban J connectivity index is 2.48. The van der Waals surface area contributed by atoms with Crippen LogP contribution in [0.2, 0.25) is 0 Å². The van der Waals surface area contributed by atoms with Gasteiger partial charge in [-0.2, -0.15) is 5.26 Å². The second kappa shape index (κ2) is 6.89. The molecule has 1 rings (SSSR count). The molecule has 0 heterocycles. The van der Waals surface area contributed by atoms with Crippen molar-refractivity contribution in [3.8, 4) is 11.8 Å². The fraction of sp³-hybridized carbons (Fsp3) is 0.462. The summed E-state index contributed by atoms with van der Waals surface area (Å²) in [7, 11) is 1.94. The minimum atomic E-state index is -0.549. The first-order valence-electron chi connectivity index (χ1n) is 5.66. The molecule has 0 bridgehead atoms. The lowest BCUT2D eigenvalue weighted by Crippen LogP contribution is -2.32. The Hall–Kier alpha value is -1.57. The van der Waals surface area contributed by atoms with Crippen LogP contribution in [0.25, 0.3) is 0 Å². The Kier molecular flexibility index (Phi) is 5.47. The van der Waals surface area contributed by atoms with Crippen LogP contribution in [0.4, 0.5) is 0 Å². The van der Waals surface area contributed by atoms with Gasteiger partial charge in [-0.25, -0.2) is 0 Å². The SMILES string of the molecule is CCN(C)CC(O)COc1ccccc1C#N. The van der Waals surface area contributed by atoms with Crippen LogP contribution in [0.15, 0.2) is 24.3 Å². The number of benzene rings is 1. The number of nitrogens with zero attached hydrogens (tertiary/aromatic N) is 2. The highest BCUT2D eigenvalue weighted by Gasteiger charge is 2.09. The first-order chi connectivity index (χ1) is 8.17. The summed E-state index contributed by atoms with van der Waals surface area (Å²) in [5, 5.41) is 18.6. The van der Waals surface area contributed by atoms with E-state index in [9.17, 15) is 5.11 Å². The molecule has 0 spiro atoms. The number of aliphatic hydroxyl groups excluding tert-OH is 1. The molecule has 0 amide bonds. The van der Waals surface area contributed by atoms with Crippen molar-refractivity contribution >= 4 is 0 Å². The first-order valence-corrected chi connectivity index (χ1v) is 5.66. The number of ether oxygens (including phenoxy) is 1.